The average molecular weight is 330 g/mol. The highest BCUT2D eigenvalue weighted by molar-refractivity contribution is 9.08. The van der Waals surface area contributed by atoms with Crippen molar-refractivity contribution in [2.45, 2.75) is 11.8 Å². The molecular weight excluding hydrogens is 316 g/mol. The van der Waals surface area contributed by atoms with Gasteiger partial charge in [0.05, 0.1) is 11.6 Å². The summed E-state index contributed by atoms with van der Waals surface area (Å²) in [6, 6.07) is 5.76. The summed E-state index contributed by atoms with van der Waals surface area (Å²) < 4.78 is 7.76. The van der Waals surface area contributed by atoms with Gasteiger partial charge in [-0.2, -0.15) is 0 Å². The zero-order chi connectivity index (χ0) is 13.0. The Balaban J connectivity index is 2.00. The molecule has 1 heterocycles. The van der Waals surface area contributed by atoms with E-state index in [1.165, 1.54) is 0 Å². The maximum atomic E-state index is 6.13. The first-order valence-corrected chi connectivity index (χ1v) is 7.14. The minimum absolute atomic E-state index is 0.564. The number of ether oxygens (including phenoxy) is 1. The Hall–Kier alpha value is -1.000. The molecule has 2 rings (SSSR count). The van der Waals surface area contributed by atoms with E-state index < -0.39 is 0 Å². The molecule has 0 aliphatic carbocycles. The van der Waals surface area contributed by atoms with Crippen molar-refractivity contribution in [2.75, 3.05) is 6.61 Å². The minimum atomic E-state index is 0.564. The van der Waals surface area contributed by atoms with Gasteiger partial charge in [-0.25, -0.2) is 4.98 Å². The third kappa shape index (κ3) is 3.06. The quantitative estimate of drug-likeness (QED) is 0.784. The zero-order valence-electron chi connectivity index (χ0n) is 10.1. The van der Waals surface area contributed by atoms with Crippen LogP contribution < -0.4 is 4.74 Å². The monoisotopic (exact) mass is 328 g/mol. The number of rotatable bonds is 5. The number of nitrogens with zero attached hydrogens (tertiary/aromatic N) is 2. The second-order valence-corrected chi connectivity index (χ2v) is 4.88. The van der Waals surface area contributed by atoms with Gasteiger partial charge in [0.2, 0.25) is 0 Å². The molecule has 0 radical (unpaired) electrons. The predicted molar refractivity (Wildman–Crippen MR) is 76.5 cm³/mol. The van der Waals surface area contributed by atoms with Gasteiger partial charge in [-0.15, -0.1) is 0 Å². The SMILES string of the molecule is Cn1ccnc1CCOc1c(Cl)cccc1CBr. The molecule has 1 aromatic heterocycles. The van der Waals surface area contributed by atoms with E-state index >= 15 is 0 Å². The Labute approximate surface area is 120 Å². The lowest BCUT2D eigenvalue weighted by atomic mass is 10.2. The molecule has 0 amide bonds. The number of para-hydroxylation sites is 1. The Morgan fingerprint density at radius 2 is 2.28 bits per heavy atom. The third-order valence-corrected chi connectivity index (χ3v) is 3.59. The second-order valence-electron chi connectivity index (χ2n) is 3.91. The third-order valence-electron chi connectivity index (χ3n) is 2.69. The summed E-state index contributed by atoms with van der Waals surface area (Å²) in [5.41, 5.74) is 1.06. The van der Waals surface area contributed by atoms with Crippen LogP contribution in [0, 0.1) is 0 Å². The number of benzene rings is 1. The van der Waals surface area contributed by atoms with Crippen LogP contribution >= 0.6 is 27.5 Å². The van der Waals surface area contributed by atoms with Crippen LogP contribution in [0.1, 0.15) is 11.4 Å². The first-order chi connectivity index (χ1) is 8.72. The summed E-state index contributed by atoms with van der Waals surface area (Å²) in [6.07, 6.45) is 4.47. The van der Waals surface area contributed by atoms with Crippen LogP contribution in [0.2, 0.25) is 5.02 Å². The van der Waals surface area contributed by atoms with Crippen LogP contribution in [0.15, 0.2) is 30.6 Å². The van der Waals surface area contributed by atoms with Gasteiger partial charge in [-0.1, -0.05) is 39.7 Å². The zero-order valence-corrected chi connectivity index (χ0v) is 12.4. The molecule has 3 nitrogen and oxygen atoms in total. The van der Waals surface area contributed by atoms with E-state index in [1.807, 2.05) is 36.0 Å². The Morgan fingerprint density at radius 1 is 1.44 bits per heavy atom. The fourth-order valence-corrected chi connectivity index (χ4v) is 2.39. The van der Waals surface area contributed by atoms with Crippen LogP contribution in [0.25, 0.3) is 0 Å². The van der Waals surface area contributed by atoms with Crippen LogP contribution in [-0.2, 0) is 18.8 Å². The Kier molecular flexibility index (Phi) is 4.66. The van der Waals surface area contributed by atoms with Gasteiger partial charge in [0.1, 0.15) is 11.6 Å². The van der Waals surface area contributed by atoms with E-state index in [0.29, 0.717) is 11.6 Å². The topological polar surface area (TPSA) is 27.1 Å². The van der Waals surface area contributed by atoms with Crippen LogP contribution in [0.4, 0.5) is 0 Å². The number of aryl methyl sites for hydroxylation is 1. The Morgan fingerprint density at radius 3 is 2.94 bits per heavy atom. The fraction of sp³-hybridized carbons (Fsp3) is 0.308. The van der Waals surface area contributed by atoms with Crippen molar-refractivity contribution in [1.29, 1.82) is 0 Å². The summed E-state index contributed by atoms with van der Waals surface area (Å²) in [5, 5.41) is 1.37. The summed E-state index contributed by atoms with van der Waals surface area (Å²) in [6.45, 7) is 0.564. The van der Waals surface area contributed by atoms with Crippen LogP contribution in [-0.4, -0.2) is 16.2 Å². The second kappa shape index (κ2) is 6.25. The molecule has 0 aliphatic rings. The molecular formula is C13H14BrClN2O. The number of imidazole rings is 1. The highest BCUT2D eigenvalue weighted by atomic mass is 79.9. The molecule has 0 N–H and O–H groups in total. The van der Waals surface area contributed by atoms with Gasteiger partial charge in [0.25, 0.3) is 0 Å². The van der Waals surface area contributed by atoms with E-state index in [1.54, 1.807) is 6.20 Å². The van der Waals surface area contributed by atoms with Gasteiger partial charge in [0.15, 0.2) is 0 Å². The van der Waals surface area contributed by atoms with E-state index in [9.17, 15) is 0 Å². The van der Waals surface area contributed by atoms with Crippen molar-refractivity contribution in [2.24, 2.45) is 7.05 Å². The molecule has 1 aromatic carbocycles. The highest BCUT2D eigenvalue weighted by Crippen LogP contribution is 2.30. The largest absolute Gasteiger partial charge is 0.491 e. The normalized spacial score (nSPS) is 10.6. The molecule has 5 heteroatoms. The van der Waals surface area contributed by atoms with Gasteiger partial charge >= 0.3 is 0 Å². The highest BCUT2D eigenvalue weighted by Gasteiger charge is 2.08. The molecule has 0 unspecified atom stereocenters. The first-order valence-electron chi connectivity index (χ1n) is 5.64. The minimum Gasteiger partial charge on any atom is -0.491 e. The van der Waals surface area contributed by atoms with Gasteiger partial charge in [0, 0.05) is 36.8 Å². The number of aromatic nitrogens is 2. The standard InChI is InChI=1S/C13H14BrClN2O/c1-17-7-6-16-12(17)5-8-18-13-10(9-14)3-2-4-11(13)15/h2-4,6-7H,5,8-9H2,1H3. The molecule has 0 fully saturated rings. The molecule has 0 saturated heterocycles. The number of hydrogen-bond donors (Lipinski definition) is 0. The van der Waals surface area contributed by atoms with E-state index in [2.05, 4.69) is 20.9 Å². The van der Waals surface area contributed by atoms with Gasteiger partial charge < -0.3 is 9.30 Å². The predicted octanol–water partition coefficient (Wildman–Crippen LogP) is 3.59. The molecule has 0 spiro atoms. The van der Waals surface area contributed by atoms with E-state index in [4.69, 9.17) is 16.3 Å². The van der Waals surface area contributed by atoms with Crippen LogP contribution in [0.5, 0.6) is 5.75 Å². The van der Waals surface area contributed by atoms with Crippen molar-refractivity contribution in [3.05, 3.63) is 47.0 Å². The fourth-order valence-electron chi connectivity index (χ4n) is 1.70. The molecule has 0 atom stereocenters. The summed E-state index contributed by atoms with van der Waals surface area (Å²) in [5.74, 6) is 1.76. The number of alkyl halides is 1. The van der Waals surface area contributed by atoms with Crippen molar-refractivity contribution >= 4 is 27.5 Å². The van der Waals surface area contributed by atoms with Crippen molar-refractivity contribution in [3.8, 4) is 5.75 Å². The lowest BCUT2D eigenvalue weighted by molar-refractivity contribution is 0.315. The molecule has 0 saturated carbocycles. The summed E-state index contributed by atoms with van der Waals surface area (Å²) >= 11 is 9.56. The number of hydrogen-bond acceptors (Lipinski definition) is 2. The summed E-state index contributed by atoms with van der Waals surface area (Å²) in [4.78, 5) is 4.25. The molecule has 0 aliphatic heterocycles. The number of halogens is 2. The molecule has 96 valence electrons. The summed E-state index contributed by atoms with van der Waals surface area (Å²) in [7, 11) is 1.97. The van der Waals surface area contributed by atoms with Gasteiger partial charge in [-0.3, -0.25) is 0 Å². The van der Waals surface area contributed by atoms with Crippen LogP contribution in [0.3, 0.4) is 0 Å². The molecule has 18 heavy (non-hydrogen) atoms. The first kappa shape index (κ1) is 13.4. The van der Waals surface area contributed by atoms with E-state index in [-0.39, 0.29) is 0 Å². The van der Waals surface area contributed by atoms with Crippen molar-refractivity contribution in [1.82, 2.24) is 9.55 Å². The average Bonchev–Trinajstić information content (AvgIpc) is 2.77. The lowest BCUT2D eigenvalue weighted by Gasteiger charge is -2.11. The van der Waals surface area contributed by atoms with E-state index in [0.717, 1.165) is 28.9 Å². The van der Waals surface area contributed by atoms with Crippen molar-refractivity contribution in [3.63, 3.8) is 0 Å². The lowest BCUT2D eigenvalue weighted by Crippen LogP contribution is -2.07. The van der Waals surface area contributed by atoms with Crippen molar-refractivity contribution < 1.29 is 4.74 Å². The Bertz CT molecular complexity index is 527. The smallest absolute Gasteiger partial charge is 0.141 e. The maximum Gasteiger partial charge on any atom is 0.141 e. The maximum absolute atomic E-state index is 6.13. The van der Waals surface area contributed by atoms with Gasteiger partial charge in [-0.05, 0) is 6.07 Å². The molecule has 2 aromatic rings. The molecule has 0 bridgehead atoms.